The first kappa shape index (κ1) is 11.0. The van der Waals surface area contributed by atoms with Gasteiger partial charge in [-0.3, -0.25) is 16.0 Å². The van der Waals surface area contributed by atoms with Crippen LogP contribution in [0.15, 0.2) is 36.7 Å². The second kappa shape index (κ2) is 4.99. The van der Waals surface area contributed by atoms with Crippen LogP contribution in [-0.2, 0) is 0 Å². The fraction of sp³-hybridized carbons (Fsp3) is 0. The molecule has 0 spiro atoms. The standard InChI is InChI=1S/C10H10N6O/c11-15-8-3-1-7(2-4-8)9(17)14-10-12-5-6-13-16-10/h1-6,15H,11H2,(H,12,14,16,17). The number of rotatable bonds is 3. The van der Waals surface area contributed by atoms with Crippen molar-refractivity contribution >= 4 is 17.5 Å². The molecule has 0 saturated heterocycles. The Morgan fingerprint density at radius 1 is 1.18 bits per heavy atom. The topological polar surface area (TPSA) is 106 Å². The molecule has 0 radical (unpaired) electrons. The number of carbonyl (C=O) groups excluding carboxylic acids is 1. The molecule has 0 bridgehead atoms. The molecule has 0 aliphatic heterocycles. The molecule has 7 nitrogen and oxygen atoms in total. The molecule has 7 heteroatoms. The summed E-state index contributed by atoms with van der Waals surface area (Å²) in [6, 6.07) is 6.67. The quantitative estimate of drug-likeness (QED) is 0.521. The number of nitrogen functional groups attached to an aromatic ring is 1. The molecular weight excluding hydrogens is 220 g/mol. The number of hydrogen-bond donors (Lipinski definition) is 3. The number of nitrogens with one attached hydrogen (secondary N) is 2. The molecule has 0 unspecified atom stereocenters. The summed E-state index contributed by atoms with van der Waals surface area (Å²) in [4.78, 5) is 15.6. The third-order valence-electron chi connectivity index (χ3n) is 2.02. The first-order valence-corrected chi connectivity index (χ1v) is 4.81. The lowest BCUT2D eigenvalue weighted by Crippen LogP contribution is -2.14. The zero-order valence-corrected chi connectivity index (χ0v) is 8.79. The van der Waals surface area contributed by atoms with Crippen molar-refractivity contribution < 1.29 is 4.79 Å². The molecule has 1 aromatic carbocycles. The molecule has 0 fully saturated rings. The summed E-state index contributed by atoms with van der Waals surface area (Å²) in [6.07, 6.45) is 2.88. The van der Waals surface area contributed by atoms with E-state index >= 15 is 0 Å². The number of hydrazine groups is 1. The van der Waals surface area contributed by atoms with Gasteiger partial charge in [0.1, 0.15) is 0 Å². The Balaban J connectivity index is 2.09. The van der Waals surface area contributed by atoms with Gasteiger partial charge in [0.15, 0.2) is 0 Å². The summed E-state index contributed by atoms with van der Waals surface area (Å²) in [7, 11) is 0. The molecule has 86 valence electrons. The maximum absolute atomic E-state index is 11.7. The second-order valence-electron chi connectivity index (χ2n) is 3.14. The van der Waals surface area contributed by atoms with Crippen LogP contribution in [0.5, 0.6) is 0 Å². The van der Waals surface area contributed by atoms with Gasteiger partial charge in [0.2, 0.25) is 5.95 Å². The summed E-state index contributed by atoms with van der Waals surface area (Å²) in [5, 5.41) is 9.78. The van der Waals surface area contributed by atoms with Crippen LogP contribution in [0, 0.1) is 0 Å². The van der Waals surface area contributed by atoms with Crippen molar-refractivity contribution in [1.29, 1.82) is 0 Å². The molecule has 17 heavy (non-hydrogen) atoms. The maximum Gasteiger partial charge on any atom is 0.258 e. The van der Waals surface area contributed by atoms with Crippen molar-refractivity contribution in [2.24, 2.45) is 5.84 Å². The van der Waals surface area contributed by atoms with E-state index in [0.29, 0.717) is 5.56 Å². The number of hydrogen-bond acceptors (Lipinski definition) is 6. The summed E-state index contributed by atoms with van der Waals surface area (Å²) in [6.45, 7) is 0. The minimum Gasteiger partial charge on any atom is -0.324 e. The molecule has 0 atom stereocenters. The van der Waals surface area contributed by atoms with Gasteiger partial charge in [-0.25, -0.2) is 4.98 Å². The van der Waals surface area contributed by atoms with E-state index in [1.807, 2.05) is 0 Å². The highest BCUT2D eigenvalue weighted by Gasteiger charge is 2.07. The minimum atomic E-state index is -0.304. The number of aromatic nitrogens is 3. The lowest BCUT2D eigenvalue weighted by atomic mass is 10.2. The monoisotopic (exact) mass is 230 g/mol. The van der Waals surface area contributed by atoms with Gasteiger partial charge in [0.05, 0.1) is 12.4 Å². The van der Waals surface area contributed by atoms with Crippen molar-refractivity contribution in [3.05, 3.63) is 42.2 Å². The summed E-state index contributed by atoms with van der Waals surface area (Å²) >= 11 is 0. The van der Waals surface area contributed by atoms with E-state index in [0.717, 1.165) is 5.69 Å². The first-order valence-electron chi connectivity index (χ1n) is 4.81. The predicted octanol–water partition coefficient (Wildman–Crippen LogP) is 0.409. The summed E-state index contributed by atoms with van der Waals surface area (Å²) in [5.41, 5.74) is 3.68. The number of benzene rings is 1. The zero-order valence-electron chi connectivity index (χ0n) is 8.79. The number of amides is 1. The fourth-order valence-electron chi connectivity index (χ4n) is 1.20. The smallest absolute Gasteiger partial charge is 0.258 e. The van der Waals surface area contributed by atoms with Crippen molar-refractivity contribution in [1.82, 2.24) is 15.2 Å². The van der Waals surface area contributed by atoms with Gasteiger partial charge in [0, 0.05) is 11.3 Å². The number of nitrogens with zero attached hydrogens (tertiary/aromatic N) is 3. The van der Waals surface area contributed by atoms with Crippen LogP contribution in [0.2, 0.25) is 0 Å². The molecule has 2 aromatic rings. The Morgan fingerprint density at radius 3 is 2.53 bits per heavy atom. The van der Waals surface area contributed by atoms with Gasteiger partial charge < -0.3 is 5.43 Å². The highest BCUT2D eigenvalue weighted by atomic mass is 16.1. The molecule has 1 amide bonds. The largest absolute Gasteiger partial charge is 0.324 e. The van der Waals surface area contributed by atoms with Crippen LogP contribution in [0.1, 0.15) is 10.4 Å². The van der Waals surface area contributed by atoms with E-state index in [1.165, 1.54) is 12.4 Å². The molecule has 0 aliphatic rings. The van der Waals surface area contributed by atoms with Gasteiger partial charge in [-0.2, -0.15) is 5.10 Å². The molecule has 4 N–H and O–H groups in total. The van der Waals surface area contributed by atoms with Crippen molar-refractivity contribution in [3.8, 4) is 0 Å². The molecule has 1 aromatic heterocycles. The third kappa shape index (κ3) is 2.73. The molecule has 0 saturated carbocycles. The zero-order chi connectivity index (χ0) is 12.1. The van der Waals surface area contributed by atoms with Gasteiger partial charge in [-0.1, -0.05) is 0 Å². The average molecular weight is 230 g/mol. The van der Waals surface area contributed by atoms with E-state index in [1.54, 1.807) is 24.3 Å². The van der Waals surface area contributed by atoms with Crippen LogP contribution in [0.3, 0.4) is 0 Å². The van der Waals surface area contributed by atoms with Crippen LogP contribution in [0.4, 0.5) is 11.6 Å². The average Bonchev–Trinajstić information content (AvgIpc) is 2.40. The van der Waals surface area contributed by atoms with Gasteiger partial charge in [-0.15, -0.1) is 5.10 Å². The molecular formula is C10H10N6O. The molecule has 1 heterocycles. The van der Waals surface area contributed by atoms with Crippen molar-refractivity contribution in [2.45, 2.75) is 0 Å². The molecule has 0 aliphatic carbocycles. The lowest BCUT2D eigenvalue weighted by molar-refractivity contribution is 0.102. The van der Waals surface area contributed by atoms with E-state index in [2.05, 4.69) is 25.9 Å². The SMILES string of the molecule is NNc1ccc(C(=O)Nc2nccnn2)cc1. The summed E-state index contributed by atoms with van der Waals surface area (Å²) < 4.78 is 0. The van der Waals surface area contributed by atoms with Gasteiger partial charge in [-0.05, 0) is 24.3 Å². The normalized spacial score (nSPS) is 9.71. The number of carbonyl (C=O) groups is 1. The predicted molar refractivity (Wildman–Crippen MR) is 62.0 cm³/mol. The lowest BCUT2D eigenvalue weighted by Gasteiger charge is -2.03. The Hall–Kier alpha value is -2.54. The number of anilines is 2. The fourth-order valence-corrected chi connectivity index (χ4v) is 1.20. The van der Waals surface area contributed by atoms with E-state index < -0.39 is 0 Å². The minimum absolute atomic E-state index is 0.165. The van der Waals surface area contributed by atoms with Crippen LogP contribution in [0.25, 0.3) is 0 Å². The highest BCUT2D eigenvalue weighted by molar-refractivity contribution is 6.03. The summed E-state index contributed by atoms with van der Waals surface area (Å²) in [5.74, 6) is 5.08. The van der Waals surface area contributed by atoms with E-state index in [4.69, 9.17) is 5.84 Å². The Labute approximate surface area is 97.1 Å². The number of nitrogens with two attached hydrogens (primary N) is 1. The van der Waals surface area contributed by atoms with Crippen molar-refractivity contribution in [3.63, 3.8) is 0 Å². The first-order chi connectivity index (χ1) is 8.29. The maximum atomic E-state index is 11.7. The van der Waals surface area contributed by atoms with Gasteiger partial charge >= 0.3 is 0 Å². The van der Waals surface area contributed by atoms with Gasteiger partial charge in [0.25, 0.3) is 5.91 Å². The Kier molecular flexibility index (Phi) is 3.22. The Morgan fingerprint density at radius 2 is 1.94 bits per heavy atom. The second-order valence-corrected chi connectivity index (χ2v) is 3.14. The Bertz CT molecular complexity index is 498. The van der Waals surface area contributed by atoms with Crippen LogP contribution in [-0.4, -0.2) is 21.1 Å². The van der Waals surface area contributed by atoms with Crippen molar-refractivity contribution in [2.75, 3.05) is 10.7 Å². The van der Waals surface area contributed by atoms with E-state index in [-0.39, 0.29) is 11.9 Å². The molecule has 2 rings (SSSR count). The van der Waals surface area contributed by atoms with Crippen LogP contribution >= 0.6 is 0 Å². The van der Waals surface area contributed by atoms with E-state index in [9.17, 15) is 4.79 Å². The highest BCUT2D eigenvalue weighted by Crippen LogP contribution is 2.09. The van der Waals surface area contributed by atoms with Crippen LogP contribution < -0.4 is 16.6 Å². The third-order valence-corrected chi connectivity index (χ3v) is 2.02.